The Bertz CT molecular complexity index is 473. The molecule has 1 atom stereocenters. The van der Waals surface area contributed by atoms with Crippen molar-refractivity contribution in [1.82, 2.24) is 5.32 Å². The molecule has 2 rings (SSSR count). The maximum Gasteiger partial charge on any atom is 0.337 e. The van der Waals surface area contributed by atoms with E-state index in [4.69, 9.17) is 0 Å². The first-order valence-corrected chi connectivity index (χ1v) is 6.43. The number of hydrogen-bond acceptors (Lipinski definition) is 4. The van der Waals surface area contributed by atoms with Crippen LogP contribution in [0.1, 0.15) is 29.6 Å². The predicted octanol–water partition coefficient (Wildman–Crippen LogP) is 1.98. The highest BCUT2D eigenvalue weighted by atomic mass is 35.5. The van der Waals surface area contributed by atoms with E-state index in [1.165, 1.54) is 7.11 Å². The van der Waals surface area contributed by atoms with E-state index < -0.39 is 5.97 Å². The minimum atomic E-state index is -0.410. The van der Waals surface area contributed by atoms with Gasteiger partial charge < -0.3 is 15.4 Å². The van der Waals surface area contributed by atoms with Crippen LogP contribution < -0.4 is 10.6 Å². The van der Waals surface area contributed by atoms with Crippen LogP contribution >= 0.6 is 12.4 Å². The summed E-state index contributed by atoms with van der Waals surface area (Å²) in [6, 6.07) is 6.60. The van der Waals surface area contributed by atoms with Gasteiger partial charge in [0.1, 0.15) is 0 Å². The number of carbonyl (C=O) groups excluding carboxylic acids is 2. The third kappa shape index (κ3) is 4.21. The molecule has 1 aliphatic rings. The molecule has 6 heteroatoms. The summed E-state index contributed by atoms with van der Waals surface area (Å²) in [5.74, 6) is -0.464. The normalized spacial score (nSPS) is 17.8. The van der Waals surface area contributed by atoms with Crippen LogP contribution in [0.25, 0.3) is 0 Å². The van der Waals surface area contributed by atoms with Crippen molar-refractivity contribution in [2.75, 3.05) is 19.0 Å². The largest absolute Gasteiger partial charge is 0.465 e. The van der Waals surface area contributed by atoms with Gasteiger partial charge in [-0.3, -0.25) is 4.79 Å². The third-order valence-corrected chi connectivity index (χ3v) is 3.18. The lowest BCUT2D eigenvalue weighted by Gasteiger charge is -2.22. The van der Waals surface area contributed by atoms with Gasteiger partial charge in [0.05, 0.1) is 18.7 Å². The number of esters is 1. The number of benzene rings is 1. The van der Waals surface area contributed by atoms with Gasteiger partial charge in [-0.1, -0.05) is 12.5 Å². The molecule has 1 heterocycles. The van der Waals surface area contributed by atoms with Crippen LogP contribution in [0.5, 0.6) is 0 Å². The lowest BCUT2D eigenvalue weighted by atomic mass is 10.0. The van der Waals surface area contributed by atoms with Crippen LogP contribution in [-0.4, -0.2) is 31.6 Å². The monoisotopic (exact) mass is 298 g/mol. The molecule has 1 aromatic rings. The summed E-state index contributed by atoms with van der Waals surface area (Å²) in [5.41, 5.74) is 1.04. The average molecular weight is 299 g/mol. The Hall–Kier alpha value is -1.59. The molecule has 1 saturated heterocycles. The summed E-state index contributed by atoms with van der Waals surface area (Å²) in [5, 5.41) is 6.01. The summed E-state index contributed by atoms with van der Waals surface area (Å²) >= 11 is 0. The van der Waals surface area contributed by atoms with E-state index >= 15 is 0 Å². The number of methoxy groups -OCH3 is 1. The van der Waals surface area contributed by atoms with Crippen molar-refractivity contribution < 1.29 is 14.3 Å². The summed E-state index contributed by atoms with van der Waals surface area (Å²) in [6.45, 7) is 0.875. The second-order valence-electron chi connectivity index (χ2n) is 4.56. The molecule has 0 spiro atoms. The van der Waals surface area contributed by atoms with Crippen LogP contribution in [-0.2, 0) is 9.53 Å². The minimum absolute atomic E-state index is 0. The molecule has 1 amide bonds. The zero-order valence-corrected chi connectivity index (χ0v) is 12.2. The van der Waals surface area contributed by atoms with Gasteiger partial charge >= 0.3 is 5.97 Å². The van der Waals surface area contributed by atoms with E-state index in [1.807, 2.05) is 0 Å². The van der Waals surface area contributed by atoms with Crippen LogP contribution in [0, 0.1) is 0 Å². The van der Waals surface area contributed by atoms with Crippen molar-refractivity contribution in [3.63, 3.8) is 0 Å². The minimum Gasteiger partial charge on any atom is -0.465 e. The number of carbonyl (C=O) groups is 2. The molecule has 1 aromatic carbocycles. The number of hydrogen-bond donors (Lipinski definition) is 2. The molecule has 0 saturated carbocycles. The van der Waals surface area contributed by atoms with Crippen molar-refractivity contribution in [3.05, 3.63) is 29.8 Å². The summed E-state index contributed by atoms with van der Waals surface area (Å²) in [4.78, 5) is 23.4. The number of anilines is 1. The quantitative estimate of drug-likeness (QED) is 0.837. The van der Waals surface area contributed by atoms with Gasteiger partial charge in [-0.15, -0.1) is 12.4 Å². The van der Waals surface area contributed by atoms with Crippen LogP contribution in [0.2, 0.25) is 0 Å². The Morgan fingerprint density at radius 1 is 1.35 bits per heavy atom. The maximum absolute atomic E-state index is 12.0. The zero-order valence-electron chi connectivity index (χ0n) is 11.3. The molecular formula is C14H19ClN2O3. The average Bonchev–Trinajstić information content (AvgIpc) is 2.47. The molecule has 2 N–H and O–H groups in total. The number of amides is 1. The molecule has 20 heavy (non-hydrogen) atoms. The third-order valence-electron chi connectivity index (χ3n) is 3.18. The van der Waals surface area contributed by atoms with Crippen molar-refractivity contribution in [1.29, 1.82) is 0 Å². The molecule has 0 bridgehead atoms. The van der Waals surface area contributed by atoms with E-state index in [-0.39, 0.29) is 24.4 Å². The molecule has 5 nitrogen and oxygen atoms in total. The van der Waals surface area contributed by atoms with Gasteiger partial charge in [-0.25, -0.2) is 4.79 Å². The molecule has 0 aromatic heterocycles. The topological polar surface area (TPSA) is 67.4 Å². The van der Waals surface area contributed by atoms with Crippen molar-refractivity contribution in [3.8, 4) is 0 Å². The fraction of sp³-hybridized carbons (Fsp3) is 0.429. The van der Waals surface area contributed by atoms with Gasteiger partial charge in [0.2, 0.25) is 5.91 Å². The van der Waals surface area contributed by atoms with Crippen LogP contribution in [0.3, 0.4) is 0 Å². The summed E-state index contributed by atoms with van der Waals surface area (Å²) in [6.07, 6.45) is 3.03. The summed E-state index contributed by atoms with van der Waals surface area (Å²) in [7, 11) is 1.33. The predicted molar refractivity (Wildman–Crippen MR) is 79.3 cm³/mol. The van der Waals surface area contributed by atoms with Gasteiger partial charge in [0.15, 0.2) is 0 Å². The van der Waals surface area contributed by atoms with Gasteiger partial charge in [0.25, 0.3) is 0 Å². The molecule has 0 aliphatic carbocycles. The summed E-state index contributed by atoms with van der Waals surface area (Å²) < 4.78 is 4.65. The molecule has 0 unspecified atom stereocenters. The molecule has 110 valence electrons. The molecule has 1 fully saturated rings. The highest BCUT2D eigenvalue weighted by molar-refractivity contribution is 5.97. The number of nitrogens with one attached hydrogen (secondary N) is 2. The first-order chi connectivity index (χ1) is 9.20. The second-order valence-corrected chi connectivity index (χ2v) is 4.56. The standard InChI is InChI=1S/C14H18N2O3.ClH/c1-19-14(18)10-5-4-6-11(9-10)16-13(17)12-7-2-3-8-15-12;/h4-6,9,12,15H,2-3,7-8H2,1H3,(H,16,17);1H/t12-;/m1./s1. The smallest absolute Gasteiger partial charge is 0.337 e. The SMILES string of the molecule is COC(=O)c1cccc(NC(=O)[C@H]2CCCCN2)c1.Cl. The second kappa shape index (κ2) is 7.87. The fourth-order valence-corrected chi connectivity index (χ4v) is 2.15. The van der Waals surface area contributed by atoms with E-state index in [0.717, 1.165) is 25.8 Å². The van der Waals surface area contributed by atoms with Crippen molar-refractivity contribution in [2.24, 2.45) is 0 Å². The van der Waals surface area contributed by atoms with E-state index in [2.05, 4.69) is 15.4 Å². The van der Waals surface area contributed by atoms with Crippen molar-refractivity contribution in [2.45, 2.75) is 25.3 Å². The van der Waals surface area contributed by atoms with Crippen molar-refractivity contribution >= 4 is 30.0 Å². The number of halogens is 1. The number of ether oxygens (including phenoxy) is 1. The van der Waals surface area contributed by atoms with E-state index in [0.29, 0.717) is 11.3 Å². The lowest BCUT2D eigenvalue weighted by molar-refractivity contribution is -0.118. The number of rotatable bonds is 3. The Morgan fingerprint density at radius 2 is 2.15 bits per heavy atom. The van der Waals surface area contributed by atoms with Gasteiger partial charge in [-0.05, 0) is 37.6 Å². The van der Waals surface area contributed by atoms with Gasteiger partial charge in [0, 0.05) is 5.69 Å². The maximum atomic E-state index is 12.0. The Balaban J connectivity index is 0.00000200. The first-order valence-electron chi connectivity index (χ1n) is 6.43. The first kappa shape index (κ1) is 16.5. The van der Waals surface area contributed by atoms with Crippen LogP contribution in [0.4, 0.5) is 5.69 Å². The number of piperidine rings is 1. The van der Waals surface area contributed by atoms with Crippen LogP contribution in [0.15, 0.2) is 24.3 Å². The molecular weight excluding hydrogens is 280 g/mol. The highest BCUT2D eigenvalue weighted by Crippen LogP contribution is 2.14. The van der Waals surface area contributed by atoms with E-state index in [9.17, 15) is 9.59 Å². The van der Waals surface area contributed by atoms with E-state index in [1.54, 1.807) is 24.3 Å². The highest BCUT2D eigenvalue weighted by Gasteiger charge is 2.20. The molecule has 1 aliphatic heterocycles. The fourth-order valence-electron chi connectivity index (χ4n) is 2.15. The lowest BCUT2D eigenvalue weighted by Crippen LogP contribution is -2.43. The molecule has 0 radical (unpaired) electrons. The van der Waals surface area contributed by atoms with Gasteiger partial charge in [-0.2, -0.15) is 0 Å². The Morgan fingerprint density at radius 3 is 2.80 bits per heavy atom. The zero-order chi connectivity index (χ0) is 13.7. The Kier molecular flexibility index (Phi) is 6.48. The Labute approximate surface area is 124 Å².